The molecule has 164 valence electrons. The number of sulfonamides is 1. The monoisotopic (exact) mass is 447 g/mol. The minimum absolute atomic E-state index is 0.0357. The van der Waals surface area contributed by atoms with Crippen molar-refractivity contribution in [2.45, 2.75) is 17.4 Å². The molecule has 1 aromatic rings. The second-order valence-electron chi connectivity index (χ2n) is 7.53. The lowest BCUT2D eigenvalue weighted by molar-refractivity contribution is -0.135. The predicted octanol–water partition coefficient (Wildman–Crippen LogP) is 0.852. The number of aliphatic hydroxyl groups is 2. The molecule has 1 amide bonds. The number of piperazine rings is 1. The van der Waals surface area contributed by atoms with E-state index in [1.165, 1.54) is 23.1 Å². The van der Waals surface area contributed by atoms with Gasteiger partial charge in [0.1, 0.15) is 5.83 Å². The Kier molecular flexibility index (Phi) is 5.89. The Labute approximate surface area is 179 Å². The van der Waals surface area contributed by atoms with Crippen LogP contribution in [-0.2, 0) is 14.8 Å². The van der Waals surface area contributed by atoms with Crippen molar-refractivity contribution in [2.24, 2.45) is 4.99 Å². The molecule has 0 saturated carbocycles. The number of allylic oxidation sites excluding steroid dienone is 5. The lowest BCUT2D eigenvalue weighted by atomic mass is 9.93. The summed E-state index contributed by atoms with van der Waals surface area (Å²) in [7, 11) is -3.87. The van der Waals surface area contributed by atoms with Crippen molar-refractivity contribution in [1.82, 2.24) is 9.21 Å². The summed E-state index contributed by atoms with van der Waals surface area (Å²) in [5.74, 6) is -0.677. The molecule has 1 atom stereocenters. The molecule has 1 aromatic carbocycles. The first-order chi connectivity index (χ1) is 14.8. The summed E-state index contributed by atoms with van der Waals surface area (Å²) >= 11 is 0. The summed E-state index contributed by atoms with van der Waals surface area (Å²) in [5.41, 5.74) is 3.03. The number of aliphatic imine (C=N–C) groups is 1. The molecule has 2 heterocycles. The Morgan fingerprint density at radius 1 is 1.13 bits per heavy atom. The number of amides is 1. The van der Waals surface area contributed by atoms with Crippen LogP contribution >= 0.6 is 0 Å². The third-order valence-corrected chi connectivity index (χ3v) is 7.31. The summed E-state index contributed by atoms with van der Waals surface area (Å²) in [6.07, 6.45) is 3.81. The van der Waals surface area contributed by atoms with Crippen molar-refractivity contribution in [3.05, 3.63) is 59.6 Å². The SMILES string of the molecule is O=C1CN(S(=O)(=O)c2ccc(C3=CN=C4CC(F)=CC=C34)cc2)CCN1CC(O)CO. The van der Waals surface area contributed by atoms with Crippen LogP contribution in [0.1, 0.15) is 12.0 Å². The van der Waals surface area contributed by atoms with Gasteiger partial charge in [-0.05, 0) is 29.8 Å². The highest BCUT2D eigenvalue weighted by Crippen LogP contribution is 2.34. The Balaban J connectivity index is 1.48. The molecule has 10 heteroatoms. The fraction of sp³-hybridized carbons (Fsp3) is 0.333. The van der Waals surface area contributed by atoms with Crippen LogP contribution in [0.4, 0.5) is 4.39 Å². The fourth-order valence-electron chi connectivity index (χ4n) is 3.74. The maximum absolute atomic E-state index is 13.4. The minimum atomic E-state index is -3.87. The second-order valence-corrected chi connectivity index (χ2v) is 9.47. The van der Waals surface area contributed by atoms with Gasteiger partial charge in [-0.2, -0.15) is 4.31 Å². The third-order valence-electron chi connectivity index (χ3n) is 5.45. The molecule has 2 aliphatic heterocycles. The minimum Gasteiger partial charge on any atom is -0.394 e. The second kappa shape index (κ2) is 8.46. The molecule has 0 radical (unpaired) electrons. The smallest absolute Gasteiger partial charge is 0.243 e. The van der Waals surface area contributed by atoms with Gasteiger partial charge in [0.25, 0.3) is 0 Å². The van der Waals surface area contributed by atoms with Crippen LogP contribution in [0.2, 0.25) is 0 Å². The number of fused-ring (bicyclic) bond motifs is 1. The molecule has 4 rings (SSSR count). The van der Waals surface area contributed by atoms with Crippen LogP contribution in [0.3, 0.4) is 0 Å². The molecule has 1 saturated heterocycles. The zero-order valence-corrected chi connectivity index (χ0v) is 17.4. The number of carbonyl (C=O) groups is 1. The van der Waals surface area contributed by atoms with Gasteiger partial charge < -0.3 is 15.1 Å². The summed E-state index contributed by atoms with van der Waals surface area (Å²) in [5, 5.41) is 18.4. The molecule has 1 fully saturated rings. The highest BCUT2D eigenvalue weighted by Gasteiger charge is 2.33. The largest absolute Gasteiger partial charge is 0.394 e. The van der Waals surface area contributed by atoms with Gasteiger partial charge in [0.2, 0.25) is 15.9 Å². The normalized spacial score (nSPS) is 20.6. The summed E-state index contributed by atoms with van der Waals surface area (Å²) in [6.45, 7) is -0.593. The Hall–Kier alpha value is -2.66. The highest BCUT2D eigenvalue weighted by atomic mass is 32.2. The van der Waals surface area contributed by atoms with Crippen LogP contribution in [0.15, 0.2) is 63.9 Å². The van der Waals surface area contributed by atoms with Crippen molar-refractivity contribution >= 4 is 27.2 Å². The topological polar surface area (TPSA) is 111 Å². The van der Waals surface area contributed by atoms with Gasteiger partial charge in [-0.25, -0.2) is 12.8 Å². The Bertz CT molecular complexity index is 1120. The van der Waals surface area contributed by atoms with Gasteiger partial charge in [0, 0.05) is 43.4 Å². The van der Waals surface area contributed by atoms with Crippen molar-refractivity contribution in [3.8, 4) is 0 Å². The zero-order valence-electron chi connectivity index (χ0n) is 16.6. The van der Waals surface area contributed by atoms with E-state index in [9.17, 15) is 22.7 Å². The van der Waals surface area contributed by atoms with E-state index in [1.807, 2.05) is 0 Å². The van der Waals surface area contributed by atoms with E-state index in [1.54, 1.807) is 24.4 Å². The van der Waals surface area contributed by atoms with E-state index in [0.717, 1.165) is 21.0 Å². The van der Waals surface area contributed by atoms with Crippen molar-refractivity contribution in [2.75, 3.05) is 32.8 Å². The lowest BCUT2D eigenvalue weighted by Gasteiger charge is -2.34. The van der Waals surface area contributed by atoms with Gasteiger partial charge in [0.05, 0.1) is 29.9 Å². The molecular formula is C21H22FN3O5S. The molecule has 0 spiro atoms. The first-order valence-electron chi connectivity index (χ1n) is 9.81. The number of nitrogens with zero attached hydrogens (tertiary/aromatic N) is 3. The van der Waals surface area contributed by atoms with Crippen LogP contribution in [0.25, 0.3) is 5.57 Å². The Morgan fingerprint density at radius 3 is 2.55 bits per heavy atom. The standard InChI is InChI=1S/C21H22FN3O5S/c22-15-3-6-18-19(10-23-20(18)9-15)14-1-4-17(5-2-14)31(29,30)25-8-7-24(21(28)12-25)11-16(27)13-26/h1-6,10,16,26-27H,7-9,11-13H2. The zero-order chi connectivity index (χ0) is 22.2. The van der Waals surface area contributed by atoms with Gasteiger partial charge in [-0.3, -0.25) is 9.79 Å². The number of hydrogen-bond donors (Lipinski definition) is 2. The third kappa shape index (κ3) is 4.24. The summed E-state index contributed by atoms with van der Waals surface area (Å²) in [6, 6.07) is 6.30. The predicted molar refractivity (Wildman–Crippen MR) is 112 cm³/mol. The summed E-state index contributed by atoms with van der Waals surface area (Å²) in [4.78, 5) is 18.0. The van der Waals surface area contributed by atoms with Crippen LogP contribution in [-0.4, -0.2) is 78.3 Å². The molecule has 1 aliphatic carbocycles. The highest BCUT2D eigenvalue weighted by molar-refractivity contribution is 7.89. The average Bonchev–Trinajstić information content (AvgIpc) is 3.18. The molecule has 31 heavy (non-hydrogen) atoms. The molecule has 3 aliphatic rings. The van der Waals surface area contributed by atoms with E-state index in [4.69, 9.17) is 5.11 Å². The van der Waals surface area contributed by atoms with E-state index in [2.05, 4.69) is 4.99 Å². The van der Waals surface area contributed by atoms with Crippen LogP contribution < -0.4 is 0 Å². The quantitative estimate of drug-likeness (QED) is 0.672. The molecule has 0 aromatic heterocycles. The van der Waals surface area contributed by atoms with Crippen molar-refractivity contribution in [3.63, 3.8) is 0 Å². The van der Waals surface area contributed by atoms with Crippen molar-refractivity contribution in [1.29, 1.82) is 0 Å². The molecule has 8 nitrogen and oxygen atoms in total. The number of carbonyl (C=O) groups excluding carboxylic acids is 1. The molecule has 1 unspecified atom stereocenters. The summed E-state index contributed by atoms with van der Waals surface area (Å²) < 4.78 is 40.5. The number of rotatable bonds is 6. The van der Waals surface area contributed by atoms with E-state index in [-0.39, 0.29) is 43.3 Å². The first kappa shape index (κ1) is 21.6. The van der Waals surface area contributed by atoms with Crippen molar-refractivity contribution < 1.29 is 27.8 Å². The molecule has 2 N–H and O–H groups in total. The average molecular weight is 447 g/mol. The number of β-amino-alcohol motifs (C(OH)–C–C–N with tert-alkyl or cyclic N) is 1. The van der Waals surface area contributed by atoms with E-state index >= 15 is 0 Å². The first-order valence-corrected chi connectivity index (χ1v) is 11.2. The maximum Gasteiger partial charge on any atom is 0.243 e. The fourth-order valence-corrected chi connectivity index (χ4v) is 5.12. The number of aliphatic hydroxyl groups excluding tert-OH is 2. The number of benzene rings is 1. The number of halogens is 1. The number of hydrogen-bond acceptors (Lipinski definition) is 6. The van der Waals surface area contributed by atoms with E-state index in [0.29, 0.717) is 5.71 Å². The van der Waals surface area contributed by atoms with Gasteiger partial charge in [0.15, 0.2) is 0 Å². The molecule has 0 bridgehead atoms. The maximum atomic E-state index is 13.4. The Morgan fingerprint density at radius 2 is 1.87 bits per heavy atom. The van der Waals surface area contributed by atoms with Gasteiger partial charge >= 0.3 is 0 Å². The van der Waals surface area contributed by atoms with E-state index < -0.39 is 28.6 Å². The van der Waals surface area contributed by atoms with Crippen LogP contribution in [0, 0.1) is 0 Å². The van der Waals surface area contributed by atoms with Crippen LogP contribution in [0.5, 0.6) is 0 Å². The van der Waals surface area contributed by atoms with Gasteiger partial charge in [-0.15, -0.1) is 0 Å². The van der Waals surface area contributed by atoms with Gasteiger partial charge in [-0.1, -0.05) is 12.1 Å². The lowest BCUT2D eigenvalue weighted by Crippen LogP contribution is -2.54. The molecular weight excluding hydrogens is 425 g/mol.